The average Bonchev–Trinajstić information content (AvgIpc) is 2.40. The summed E-state index contributed by atoms with van der Waals surface area (Å²) in [5.74, 6) is 2.22. The number of hydrogen-bond acceptors (Lipinski definition) is 2. The number of amides is 1. The lowest BCUT2D eigenvalue weighted by molar-refractivity contribution is -0.134. The van der Waals surface area contributed by atoms with Gasteiger partial charge in [-0.15, -0.1) is 23.4 Å². The van der Waals surface area contributed by atoms with E-state index in [9.17, 15) is 4.79 Å². The van der Waals surface area contributed by atoms with Crippen molar-refractivity contribution in [2.24, 2.45) is 0 Å². The Labute approximate surface area is 113 Å². The fourth-order valence-corrected chi connectivity index (χ4v) is 4.36. The zero-order valence-electron chi connectivity index (χ0n) is 10.4. The lowest BCUT2D eigenvalue weighted by atomic mass is 9.99. The van der Waals surface area contributed by atoms with Gasteiger partial charge in [0.15, 0.2) is 0 Å². The van der Waals surface area contributed by atoms with Gasteiger partial charge in [-0.2, -0.15) is 0 Å². The number of alkyl halides is 1. The van der Waals surface area contributed by atoms with E-state index in [1.165, 1.54) is 25.7 Å². The number of likely N-dealkylation sites (tertiary alicyclic amines) is 1. The van der Waals surface area contributed by atoms with Crippen LogP contribution in [-0.2, 0) is 4.79 Å². The van der Waals surface area contributed by atoms with Crippen LogP contribution in [0.4, 0.5) is 0 Å². The quantitative estimate of drug-likeness (QED) is 0.737. The van der Waals surface area contributed by atoms with Gasteiger partial charge in [0.25, 0.3) is 0 Å². The highest BCUT2D eigenvalue weighted by Gasteiger charge is 2.32. The first-order chi connectivity index (χ1) is 8.33. The van der Waals surface area contributed by atoms with Gasteiger partial charge in [-0.25, -0.2) is 0 Å². The molecule has 2 rings (SSSR count). The molecule has 17 heavy (non-hydrogen) atoms. The van der Waals surface area contributed by atoms with Crippen LogP contribution >= 0.6 is 23.4 Å². The molecule has 0 N–H and O–H groups in total. The van der Waals surface area contributed by atoms with Crippen molar-refractivity contribution in [3.8, 4) is 0 Å². The second kappa shape index (κ2) is 6.89. The van der Waals surface area contributed by atoms with Crippen molar-refractivity contribution in [1.29, 1.82) is 0 Å². The summed E-state index contributed by atoms with van der Waals surface area (Å²) < 4.78 is 0. The molecule has 98 valence electrons. The zero-order chi connectivity index (χ0) is 12.1. The van der Waals surface area contributed by atoms with E-state index in [1.807, 2.05) is 11.8 Å². The van der Waals surface area contributed by atoms with E-state index < -0.39 is 0 Å². The first-order valence-electron chi connectivity index (χ1n) is 6.81. The van der Waals surface area contributed by atoms with Crippen LogP contribution in [0.3, 0.4) is 0 Å². The van der Waals surface area contributed by atoms with E-state index >= 15 is 0 Å². The van der Waals surface area contributed by atoms with Gasteiger partial charge in [0.2, 0.25) is 5.91 Å². The number of thioether (sulfide) groups is 1. The first-order valence-corrected chi connectivity index (χ1v) is 8.39. The third-order valence-corrected chi connectivity index (χ3v) is 5.39. The molecule has 2 atom stereocenters. The molecule has 0 aromatic carbocycles. The number of hydrogen-bond donors (Lipinski definition) is 0. The van der Waals surface area contributed by atoms with Gasteiger partial charge in [-0.1, -0.05) is 6.42 Å². The van der Waals surface area contributed by atoms with Gasteiger partial charge in [0.05, 0.1) is 5.25 Å². The molecule has 4 heteroatoms. The Morgan fingerprint density at radius 2 is 2.06 bits per heavy atom. The summed E-state index contributed by atoms with van der Waals surface area (Å²) in [6.45, 7) is 0.956. The molecule has 2 unspecified atom stereocenters. The molecular weight excluding hydrogens is 254 g/mol. The monoisotopic (exact) mass is 275 g/mol. The Bertz CT molecular complexity index is 254. The molecule has 0 spiro atoms. The van der Waals surface area contributed by atoms with E-state index in [0.717, 1.165) is 31.6 Å². The van der Waals surface area contributed by atoms with Gasteiger partial charge < -0.3 is 4.90 Å². The summed E-state index contributed by atoms with van der Waals surface area (Å²) in [5.41, 5.74) is 0. The van der Waals surface area contributed by atoms with Gasteiger partial charge >= 0.3 is 0 Å². The van der Waals surface area contributed by atoms with E-state index in [-0.39, 0.29) is 5.25 Å². The Balaban J connectivity index is 1.94. The molecule has 1 amide bonds. The van der Waals surface area contributed by atoms with Crippen LogP contribution in [0.5, 0.6) is 0 Å². The van der Waals surface area contributed by atoms with Crippen molar-refractivity contribution in [2.75, 3.05) is 18.2 Å². The number of carbonyl (C=O) groups is 1. The van der Waals surface area contributed by atoms with Crippen LogP contribution in [0.1, 0.15) is 44.9 Å². The van der Waals surface area contributed by atoms with E-state index in [1.54, 1.807) is 0 Å². The van der Waals surface area contributed by atoms with E-state index in [4.69, 9.17) is 11.6 Å². The molecule has 2 saturated heterocycles. The van der Waals surface area contributed by atoms with Crippen LogP contribution in [0.15, 0.2) is 0 Å². The van der Waals surface area contributed by atoms with Gasteiger partial charge in [0.1, 0.15) is 0 Å². The zero-order valence-corrected chi connectivity index (χ0v) is 11.9. The molecule has 0 bridgehead atoms. The maximum absolute atomic E-state index is 12.5. The number of rotatable bonds is 3. The Kier molecular flexibility index (Phi) is 5.49. The number of halogens is 1. The second-order valence-corrected chi connectivity index (χ2v) is 6.70. The summed E-state index contributed by atoms with van der Waals surface area (Å²) in [7, 11) is 0. The smallest absolute Gasteiger partial charge is 0.235 e. The summed E-state index contributed by atoms with van der Waals surface area (Å²) in [4.78, 5) is 14.6. The highest BCUT2D eigenvalue weighted by atomic mass is 35.5. The Morgan fingerprint density at radius 1 is 1.24 bits per heavy atom. The predicted octanol–water partition coefficient (Wildman–Crippen LogP) is 3.28. The highest BCUT2D eigenvalue weighted by molar-refractivity contribution is 8.00. The number of carbonyl (C=O) groups excluding carboxylic acids is 1. The van der Waals surface area contributed by atoms with Crippen LogP contribution in [0.25, 0.3) is 0 Å². The van der Waals surface area contributed by atoms with E-state index in [2.05, 4.69) is 4.90 Å². The minimum atomic E-state index is 0.236. The minimum Gasteiger partial charge on any atom is -0.339 e. The summed E-state index contributed by atoms with van der Waals surface area (Å²) in [6.07, 6.45) is 8.11. The molecular formula is C13H22ClNOS. The molecule has 2 aliphatic heterocycles. The van der Waals surface area contributed by atoms with Crippen molar-refractivity contribution in [3.63, 3.8) is 0 Å². The number of piperidine rings is 1. The van der Waals surface area contributed by atoms with Crippen LogP contribution in [0, 0.1) is 0 Å². The first kappa shape index (κ1) is 13.5. The molecule has 0 saturated carbocycles. The normalized spacial score (nSPS) is 30.3. The molecule has 0 aromatic rings. The van der Waals surface area contributed by atoms with Crippen LogP contribution < -0.4 is 0 Å². The van der Waals surface area contributed by atoms with Crippen molar-refractivity contribution >= 4 is 29.3 Å². The molecule has 2 fully saturated rings. The molecule has 2 heterocycles. The summed E-state index contributed by atoms with van der Waals surface area (Å²) >= 11 is 7.71. The Hall–Kier alpha value is 0.110. The van der Waals surface area contributed by atoms with Gasteiger partial charge in [-0.05, 0) is 44.3 Å². The standard InChI is InChI=1S/C13H22ClNOS/c14-8-7-11-5-1-3-9-15(11)13(16)12-6-2-4-10-17-12/h11-12H,1-10H2. The van der Waals surface area contributed by atoms with Crippen molar-refractivity contribution in [1.82, 2.24) is 4.90 Å². The third-order valence-electron chi connectivity index (χ3n) is 3.81. The van der Waals surface area contributed by atoms with Crippen LogP contribution in [0.2, 0.25) is 0 Å². The topological polar surface area (TPSA) is 20.3 Å². The van der Waals surface area contributed by atoms with Gasteiger partial charge in [0, 0.05) is 18.5 Å². The van der Waals surface area contributed by atoms with Crippen molar-refractivity contribution < 1.29 is 4.79 Å². The Morgan fingerprint density at radius 3 is 2.76 bits per heavy atom. The average molecular weight is 276 g/mol. The molecule has 0 aliphatic carbocycles. The molecule has 0 radical (unpaired) electrons. The highest BCUT2D eigenvalue weighted by Crippen LogP contribution is 2.29. The molecule has 0 aromatic heterocycles. The molecule has 2 nitrogen and oxygen atoms in total. The second-order valence-electron chi connectivity index (χ2n) is 5.01. The minimum absolute atomic E-state index is 0.236. The van der Waals surface area contributed by atoms with Crippen molar-refractivity contribution in [3.05, 3.63) is 0 Å². The third kappa shape index (κ3) is 3.54. The SMILES string of the molecule is O=C(C1CCCCS1)N1CCCCC1CCCl. The maximum atomic E-state index is 12.5. The van der Waals surface area contributed by atoms with Crippen LogP contribution in [-0.4, -0.2) is 40.3 Å². The maximum Gasteiger partial charge on any atom is 0.235 e. The van der Waals surface area contributed by atoms with Gasteiger partial charge in [-0.3, -0.25) is 4.79 Å². The fraction of sp³-hybridized carbons (Fsp3) is 0.923. The fourth-order valence-electron chi connectivity index (χ4n) is 2.84. The molecule has 2 aliphatic rings. The predicted molar refractivity (Wildman–Crippen MR) is 74.8 cm³/mol. The summed E-state index contributed by atoms with van der Waals surface area (Å²) in [5, 5.41) is 0.236. The van der Waals surface area contributed by atoms with E-state index in [0.29, 0.717) is 17.8 Å². The number of nitrogens with zero attached hydrogens (tertiary/aromatic N) is 1. The largest absolute Gasteiger partial charge is 0.339 e. The lowest BCUT2D eigenvalue weighted by Crippen LogP contribution is -2.48. The summed E-state index contributed by atoms with van der Waals surface area (Å²) in [6, 6.07) is 0.413. The lowest BCUT2D eigenvalue weighted by Gasteiger charge is -2.38. The van der Waals surface area contributed by atoms with Crippen molar-refractivity contribution in [2.45, 2.75) is 56.2 Å².